The van der Waals surface area contributed by atoms with Gasteiger partial charge in [0.15, 0.2) is 39.3 Å². The minimum absolute atomic E-state index is 0. The van der Waals surface area contributed by atoms with Gasteiger partial charge in [-0.15, -0.1) is 12.4 Å². The van der Waals surface area contributed by atoms with Crippen LogP contribution >= 0.6 is 12.4 Å². The van der Waals surface area contributed by atoms with Gasteiger partial charge in [-0.25, -0.2) is 52.8 Å². The van der Waals surface area contributed by atoms with Crippen LogP contribution in [0.3, 0.4) is 0 Å². The molecular formula is C95H127ClN12O19S4. The highest BCUT2D eigenvalue weighted by atomic mass is 35.5. The highest BCUT2D eigenvalue weighted by Gasteiger charge is 2.42. The zero-order valence-corrected chi connectivity index (χ0v) is 82.6. The second-order valence-electron chi connectivity index (χ2n) is 36.3. The van der Waals surface area contributed by atoms with E-state index in [0.717, 1.165) is 45.5 Å². The van der Waals surface area contributed by atoms with Crippen LogP contribution in [0.25, 0.3) is 0 Å². The molecule has 4 atom stereocenters. The fourth-order valence-corrected chi connectivity index (χ4v) is 18.2. The zero-order chi connectivity index (χ0) is 96.7. The number of carboxylic acids is 1. The number of nitrogens with zero attached hydrogens (tertiary/aromatic N) is 7. The van der Waals surface area contributed by atoms with Crippen molar-refractivity contribution in [1.82, 2.24) is 55.9 Å². The first-order valence-electron chi connectivity index (χ1n) is 43.4. The smallest absolute Gasteiger partial charge is 0.411 e. The number of benzene rings is 4. The van der Waals surface area contributed by atoms with Crippen LogP contribution in [-0.4, -0.2) is 155 Å². The van der Waals surface area contributed by atoms with Gasteiger partial charge in [0, 0.05) is 60.6 Å². The average Bonchev–Trinajstić information content (AvgIpc) is 1.63. The fourth-order valence-electron chi connectivity index (χ4n) is 14.9. The van der Waals surface area contributed by atoms with Crippen LogP contribution in [0, 0.1) is 23.7 Å². The number of hydrogen-bond donors (Lipinski definition) is 6. The summed E-state index contributed by atoms with van der Waals surface area (Å²) in [7, 11) is -13.0. The van der Waals surface area contributed by atoms with Crippen molar-refractivity contribution in [2.45, 2.75) is 258 Å². The van der Waals surface area contributed by atoms with Crippen molar-refractivity contribution in [3.05, 3.63) is 236 Å². The van der Waals surface area contributed by atoms with Gasteiger partial charge >= 0.3 is 24.2 Å². The number of aromatic nitrogens is 4. The maximum Gasteiger partial charge on any atom is 0.411 e. The summed E-state index contributed by atoms with van der Waals surface area (Å²) in [4.78, 5) is 109. The van der Waals surface area contributed by atoms with E-state index in [4.69, 9.17) is 25.1 Å². The molecule has 0 spiro atoms. The summed E-state index contributed by atoms with van der Waals surface area (Å²) < 4.78 is 111. The van der Waals surface area contributed by atoms with Gasteiger partial charge in [0.25, 0.3) is 17.7 Å². The number of amides is 6. The first-order valence-corrected chi connectivity index (χ1v) is 50.0. The molecular weight excluding hydrogens is 1780 g/mol. The molecule has 4 aliphatic rings. The van der Waals surface area contributed by atoms with E-state index in [-0.39, 0.29) is 152 Å². The van der Waals surface area contributed by atoms with E-state index in [1.54, 1.807) is 90.9 Å². The van der Waals surface area contributed by atoms with E-state index in [9.17, 15) is 67.2 Å². The first-order chi connectivity index (χ1) is 60.6. The van der Waals surface area contributed by atoms with Crippen molar-refractivity contribution in [2.24, 2.45) is 29.4 Å². The Labute approximate surface area is 777 Å². The lowest BCUT2D eigenvalue weighted by atomic mass is 9.94. The van der Waals surface area contributed by atoms with E-state index in [0.29, 0.717) is 77.6 Å². The fraction of sp³-hybridized carbons (Fsp3) is 0.463. The molecule has 0 radical (unpaired) electrons. The number of carbonyl (C=O) groups is 7. The van der Waals surface area contributed by atoms with Gasteiger partial charge in [0.05, 0.1) is 128 Å². The number of hydrogen-bond acceptors (Lipinski definition) is 24. The molecule has 31 nitrogen and oxygen atoms in total. The maximum absolute atomic E-state index is 12.8. The number of ether oxygens (including phenoxy) is 3. The summed E-state index contributed by atoms with van der Waals surface area (Å²) in [6.07, 6.45) is 4.22. The highest BCUT2D eigenvalue weighted by molar-refractivity contribution is 7.92. The summed E-state index contributed by atoms with van der Waals surface area (Å²) in [6, 6.07) is 34.3. The van der Waals surface area contributed by atoms with Gasteiger partial charge in [-0.05, 0) is 228 Å². The Morgan fingerprint density at radius 1 is 0.397 bits per heavy atom. The van der Waals surface area contributed by atoms with Gasteiger partial charge in [0.1, 0.15) is 16.8 Å². The normalized spacial score (nSPS) is 15.7. The van der Waals surface area contributed by atoms with E-state index in [1.165, 1.54) is 54.6 Å². The standard InChI is InChI=1S/2C25H33N3O5S.C20H25N3O3S.C17H23NO4.C8H12N2O2S.ClH/c2*1-7-34(31,32)20-10-9-19(26-14-20)13-27-23(29)17-8-11-21-18(12-17)15-28(22(21)16(2)3)24(30)33-25(4,5)6;1-4-27(25,26)17-7-6-16(21-12-17)11-23-20(24)14-5-8-18-15(9-14)10-22-19(18)13(2)3;1-10(2)14-13-7-6-11(15(19)20)8-12(13)9-18(14)16(21)22-17(3,4)5;1-2-13(11,12)8-4-3-7(5-9)10-6-8;/h2*8-12,14,16,22H,7,13,15H2,1-6H3,(H,27,29);5-9,12-13,19,22H,4,10-11H2,1-3H3,(H,23,24);6-8,10,14H,9H2,1-5H3,(H,19,20);3-4,6H,2,5,9H2,1H3;1H. The lowest BCUT2D eigenvalue weighted by Crippen LogP contribution is -2.37. The molecule has 4 unspecified atom stereocenters. The highest BCUT2D eigenvalue weighted by Crippen LogP contribution is 2.44. The second-order valence-corrected chi connectivity index (χ2v) is 45.4. The second kappa shape index (κ2) is 45.1. The lowest BCUT2D eigenvalue weighted by molar-refractivity contribution is 0.0118. The molecule has 4 aliphatic heterocycles. The molecule has 0 saturated carbocycles. The van der Waals surface area contributed by atoms with Crippen molar-refractivity contribution < 1.29 is 86.6 Å². The van der Waals surface area contributed by atoms with Crippen molar-refractivity contribution in [3.63, 3.8) is 0 Å². The number of pyridine rings is 4. The summed E-state index contributed by atoms with van der Waals surface area (Å²) in [5.41, 5.74) is 16.0. The van der Waals surface area contributed by atoms with Crippen LogP contribution in [0.1, 0.15) is 278 Å². The number of sulfone groups is 4. The molecule has 0 aliphatic carbocycles. The molecule has 4 aromatic heterocycles. The van der Waals surface area contributed by atoms with Crippen molar-refractivity contribution in [3.8, 4) is 0 Å². The Morgan fingerprint density at radius 3 is 0.893 bits per heavy atom. The van der Waals surface area contributed by atoms with E-state index in [2.05, 4.69) is 82.7 Å². The molecule has 4 aromatic carbocycles. The Hall–Kier alpha value is -10.8. The maximum atomic E-state index is 12.8. The SMILES string of the molecule is CC(C)C1c2ccc(C(=O)O)cc2CN1C(=O)OC(C)(C)C.CCS(=O)(=O)c1ccc(CN)nc1.CCS(=O)(=O)c1ccc(CNC(=O)c2ccc3c(c2)CN(C(=O)OC(C)(C)C)C3C(C)C)nc1.CCS(=O)(=O)c1ccc(CNC(=O)c2ccc3c(c2)CN(C(=O)OC(C)(C)C)C3C(C)C)nc1.CCS(=O)(=O)c1ccc(CNC(=O)c2ccc3c(c2)CNC3C(C)C)nc1.Cl. The number of carbonyl (C=O) groups excluding carboxylic acids is 6. The largest absolute Gasteiger partial charge is 0.478 e. The number of rotatable bonds is 23. The van der Waals surface area contributed by atoms with Gasteiger partial charge in [-0.1, -0.05) is 107 Å². The minimum Gasteiger partial charge on any atom is -0.478 e. The van der Waals surface area contributed by atoms with E-state index >= 15 is 0 Å². The van der Waals surface area contributed by atoms with Gasteiger partial charge in [-0.3, -0.25) is 49.0 Å². The molecule has 0 saturated heterocycles. The summed E-state index contributed by atoms with van der Waals surface area (Å²) in [5.74, 6) is -0.459. The molecule has 6 amide bonds. The molecule has 131 heavy (non-hydrogen) atoms. The minimum atomic E-state index is -3.31. The average molecular weight is 1900 g/mol. The molecule has 0 bridgehead atoms. The van der Waals surface area contributed by atoms with Crippen molar-refractivity contribution >= 4 is 93.7 Å². The monoisotopic (exact) mass is 1900 g/mol. The van der Waals surface area contributed by atoms with E-state index < -0.39 is 62.1 Å². The van der Waals surface area contributed by atoms with Crippen LogP contribution < -0.4 is 27.0 Å². The number of nitrogens with one attached hydrogen (secondary N) is 4. The number of nitrogens with two attached hydrogens (primary N) is 1. The summed E-state index contributed by atoms with van der Waals surface area (Å²) in [5, 5.41) is 21.1. The Morgan fingerprint density at radius 2 is 0.656 bits per heavy atom. The Balaban J connectivity index is 0.000000230. The van der Waals surface area contributed by atoms with Gasteiger partial charge < -0.3 is 46.3 Å². The summed E-state index contributed by atoms with van der Waals surface area (Å²) >= 11 is 0. The van der Waals surface area contributed by atoms with Gasteiger partial charge in [0.2, 0.25) is 0 Å². The number of halogens is 1. The molecule has 12 rings (SSSR count). The number of aromatic carboxylic acids is 1. The van der Waals surface area contributed by atoms with Gasteiger partial charge in [-0.2, -0.15) is 0 Å². The van der Waals surface area contributed by atoms with Crippen molar-refractivity contribution in [1.29, 1.82) is 0 Å². The van der Waals surface area contributed by atoms with E-state index in [1.807, 2.05) is 125 Å². The summed E-state index contributed by atoms with van der Waals surface area (Å²) in [6.45, 7) is 42.4. The lowest BCUT2D eigenvalue weighted by Gasteiger charge is -2.30. The van der Waals surface area contributed by atoms with Crippen LogP contribution in [-0.2, 0) is 106 Å². The first kappa shape index (κ1) is 107. The topological polar surface area (TPSA) is 439 Å². The molecule has 712 valence electrons. The third kappa shape index (κ3) is 28.8. The number of carboxylic acid groups (broad SMARTS) is 1. The zero-order valence-electron chi connectivity index (χ0n) is 78.5. The molecule has 8 heterocycles. The number of fused-ring (bicyclic) bond motifs is 4. The third-order valence-electron chi connectivity index (χ3n) is 21.5. The predicted octanol–water partition coefficient (Wildman–Crippen LogP) is 15.7. The predicted molar refractivity (Wildman–Crippen MR) is 502 cm³/mol. The molecule has 0 fully saturated rings. The van der Waals surface area contributed by atoms with Crippen molar-refractivity contribution in [2.75, 3.05) is 23.0 Å². The van der Waals surface area contributed by atoms with Crippen LogP contribution in [0.5, 0.6) is 0 Å². The molecule has 7 N–H and O–H groups in total. The van der Waals surface area contributed by atoms with Crippen LogP contribution in [0.2, 0.25) is 0 Å². The van der Waals surface area contributed by atoms with Crippen LogP contribution in [0.15, 0.2) is 166 Å². The molecule has 36 heteroatoms. The quantitative estimate of drug-likeness (QED) is 0.0324. The third-order valence-corrected chi connectivity index (χ3v) is 28.4. The molecule has 8 aromatic rings. The van der Waals surface area contributed by atoms with Crippen LogP contribution in [0.4, 0.5) is 14.4 Å². The Kier molecular flexibility index (Phi) is 36.9. The Bertz CT molecular complexity index is 5680.